The Morgan fingerprint density at radius 3 is 2.25 bits per heavy atom. The van der Waals surface area contributed by atoms with Crippen molar-refractivity contribution < 1.29 is 9.59 Å². The van der Waals surface area contributed by atoms with Gasteiger partial charge in [0.15, 0.2) is 5.96 Å². The van der Waals surface area contributed by atoms with E-state index in [2.05, 4.69) is 59.0 Å². The van der Waals surface area contributed by atoms with Crippen LogP contribution >= 0.6 is 24.0 Å². The second kappa shape index (κ2) is 8.63. The van der Waals surface area contributed by atoms with Crippen LogP contribution in [0.2, 0.25) is 0 Å². The highest BCUT2D eigenvalue weighted by atomic mass is 127. The summed E-state index contributed by atoms with van der Waals surface area (Å²) in [7, 11) is 1.71. The van der Waals surface area contributed by atoms with E-state index in [-0.39, 0.29) is 59.5 Å². The Kier molecular flexibility index (Phi) is 6.42. The lowest BCUT2D eigenvalue weighted by Gasteiger charge is -2.18. The van der Waals surface area contributed by atoms with Crippen LogP contribution in [0.4, 0.5) is 0 Å². The molecule has 0 radical (unpaired) electrons. The number of benzene rings is 1. The molecule has 4 rings (SSSR count). The number of hydrogen-bond acceptors (Lipinski definition) is 3. The first-order chi connectivity index (χ1) is 13.1. The molecular weight excluding hydrogens is 467 g/mol. The molecule has 4 atom stereocenters. The van der Waals surface area contributed by atoms with Crippen LogP contribution in [0.1, 0.15) is 17.5 Å². The number of guanidine groups is 1. The molecule has 2 bridgehead atoms. The van der Waals surface area contributed by atoms with Gasteiger partial charge in [-0.3, -0.25) is 19.5 Å². The molecule has 0 aromatic heterocycles. The van der Waals surface area contributed by atoms with Crippen LogP contribution in [0.15, 0.2) is 41.4 Å². The molecule has 1 aliphatic heterocycles. The lowest BCUT2D eigenvalue weighted by Crippen LogP contribution is -2.43. The molecule has 4 unspecified atom stereocenters. The smallest absolute Gasteiger partial charge is 0.233 e. The summed E-state index contributed by atoms with van der Waals surface area (Å²) < 4.78 is 0. The fraction of sp³-hybridized carbons (Fsp3) is 0.476. The predicted molar refractivity (Wildman–Crippen MR) is 119 cm³/mol. The van der Waals surface area contributed by atoms with Gasteiger partial charge >= 0.3 is 0 Å². The molecule has 7 heteroatoms. The Hall–Kier alpha value is -1.90. The van der Waals surface area contributed by atoms with Crippen LogP contribution in [0.25, 0.3) is 0 Å². The van der Waals surface area contributed by atoms with Crippen LogP contribution in [0.5, 0.6) is 0 Å². The average Bonchev–Trinajstić information content (AvgIpc) is 3.35. The third-order valence-corrected chi connectivity index (χ3v) is 5.99. The van der Waals surface area contributed by atoms with Gasteiger partial charge in [0.1, 0.15) is 0 Å². The van der Waals surface area contributed by atoms with Gasteiger partial charge in [-0.2, -0.15) is 0 Å². The number of allylic oxidation sites excluding steroid dienone is 2. The van der Waals surface area contributed by atoms with Crippen molar-refractivity contribution >= 4 is 41.8 Å². The Labute approximate surface area is 182 Å². The fourth-order valence-electron chi connectivity index (χ4n) is 4.58. The maximum Gasteiger partial charge on any atom is 0.233 e. The SMILES string of the molecule is CN=C(NCCN1C(=O)C2C3C=CC(C3)C2C1=O)NCc1ccc(C)cc1.I. The zero-order valence-corrected chi connectivity index (χ0v) is 18.6. The maximum absolute atomic E-state index is 12.7. The van der Waals surface area contributed by atoms with Crippen molar-refractivity contribution in [1.29, 1.82) is 0 Å². The number of halogens is 1. The number of carbonyl (C=O) groups excluding carboxylic acids is 2. The number of nitrogens with zero attached hydrogens (tertiary/aromatic N) is 2. The monoisotopic (exact) mass is 494 g/mol. The summed E-state index contributed by atoms with van der Waals surface area (Å²) in [6, 6.07) is 8.32. The second-order valence-electron chi connectivity index (χ2n) is 7.67. The molecule has 6 nitrogen and oxygen atoms in total. The summed E-state index contributed by atoms with van der Waals surface area (Å²) >= 11 is 0. The first-order valence-electron chi connectivity index (χ1n) is 9.62. The van der Waals surface area contributed by atoms with Crippen molar-refractivity contribution in [3.63, 3.8) is 0 Å². The largest absolute Gasteiger partial charge is 0.355 e. The molecule has 1 saturated carbocycles. The zero-order valence-electron chi connectivity index (χ0n) is 16.2. The quantitative estimate of drug-likeness (QED) is 0.216. The first kappa shape index (κ1) is 20.8. The minimum atomic E-state index is -0.119. The average molecular weight is 494 g/mol. The number of amides is 2. The van der Waals surface area contributed by atoms with Gasteiger partial charge in [0.2, 0.25) is 11.8 Å². The summed E-state index contributed by atoms with van der Waals surface area (Å²) in [4.78, 5) is 31.0. The van der Waals surface area contributed by atoms with E-state index in [9.17, 15) is 9.59 Å². The molecule has 2 aliphatic carbocycles. The van der Waals surface area contributed by atoms with Gasteiger partial charge in [0.25, 0.3) is 0 Å². The molecule has 150 valence electrons. The number of aryl methyl sites for hydroxylation is 1. The second-order valence-corrected chi connectivity index (χ2v) is 7.67. The fourth-order valence-corrected chi connectivity index (χ4v) is 4.58. The molecule has 1 aromatic rings. The van der Waals surface area contributed by atoms with Gasteiger partial charge in [-0.05, 0) is 30.7 Å². The van der Waals surface area contributed by atoms with Crippen molar-refractivity contribution in [3.05, 3.63) is 47.5 Å². The predicted octanol–water partition coefficient (Wildman–Crippen LogP) is 2.09. The Balaban J connectivity index is 0.00000225. The number of aliphatic imine (C=N–C) groups is 1. The van der Waals surface area contributed by atoms with E-state index in [1.807, 2.05) is 0 Å². The summed E-state index contributed by atoms with van der Waals surface area (Å²) in [6.07, 6.45) is 5.21. The van der Waals surface area contributed by atoms with Crippen LogP contribution < -0.4 is 10.6 Å². The van der Waals surface area contributed by atoms with Crippen LogP contribution in [0, 0.1) is 30.6 Å². The molecule has 1 saturated heterocycles. The number of likely N-dealkylation sites (tertiary alicyclic amines) is 1. The third-order valence-electron chi connectivity index (χ3n) is 5.99. The third kappa shape index (κ3) is 3.81. The highest BCUT2D eigenvalue weighted by Gasteiger charge is 2.58. The summed E-state index contributed by atoms with van der Waals surface area (Å²) in [6.45, 7) is 3.61. The van der Waals surface area contributed by atoms with Gasteiger partial charge < -0.3 is 10.6 Å². The molecule has 2 N–H and O–H groups in total. The van der Waals surface area contributed by atoms with Crippen molar-refractivity contribution in [2.75, 3.05) is 20.1 Å². The van der Waals surface area contributed by atoms with Crippen LogP contribution in [0.3, 0.4) is 0 Å². The number of carbonyl (C=O) groups is 2. The van der Waals surface area contributed by atoms with Crippen molar-refractivity contribution in [2.45, 2.75) is 19.9 Å². The topological polar surface area (TPSA) is 73.8 Å². The molecule has 2 fully saturated rings. The summed E-state index contributed by atoms with van der Waals surface area (Å²) in [5, 5.41) is 6.46. The molecule has 2 amide bonds. The van der Waals surface area contributed by atoms with Crippen molar-refractivity contribution in [2.24, 2.45) is 28.7 Å². The Bertz CT molecular complexity index is 775. The van der Waals surface area contributed by atoms with Crippen molar-refractivity contribution in [3.8, 4) is 0 Å². The van der Waals surface area contributed by atoms with E-state index in [1.54, 1.807) is 7.05 Å². The number of fused-ring (bicyclic) bond motifs is 5. The van der Waals surface area contributed by atoms with Gasteiger partial charge in [-0.25, -0.2) is 0 Å². The van der Waals surface area contributed by atoms with E-state index in [0.29, 0.717) is 25.6 Å². The standard InChI is InChI=1S/C21H26N4O2.HI/c1-13-3-5-14(6-4-13)12-24-21(22-2)23-9-10-25-19(26)17-15-7-8-16(11-15)18(17)20(25)27;/h3-8,15-18H,9-12H2,1-2H3,(H2,22,23,24);1H. The Morgan fingerprint density at radius 2 is 1.68 bits per heavy atom. The number of imide groups is 1. The normalized spacial score (nSPS) is 27.8. The summed E-state index contributed by atoms with van der Waals surface area (Å²) in [5.74, 6) is 0.962. The van der Waals surface area contributed by atoms with Crippen LogP contribution in [-0.4, -0.2) is 42.8 Å². The molecule has 28 heavy (non-hydrogen) atoms. The number of rotatable bonds is 5. The van der Waals surface area contributed by atoms with E-state index >= 15 is 0 Å². The number of nitrogens with one attached hydrogen (secondary N) is 2. The van der Waals surface area contributed by atoms with E-state index in [0.717, 1.165) is 6.42 Å². The molecular formula is C21H27IN4O2. The van der Waals surface area contributed by atoms with Gasteiger partial charge in [0.05, 0.1) is 11.8 Å². The highest BCUT2D eigenvalue weighted by molar-refractivity contribution is 14.0. The minimum Gasteiger partial charge on any atom is -0.355 e. The highest BCUT2D eigenvalue weighted by Crippen LogP contribution is 2.52. The zero-order chi connectivity index (χ0) is 19.0. The maximum atomic E-state index is 12.7. The molecule has 1 heterocycles. The van der Waals surface area contributed by atoms with Gasteiger partial charge in [-0.1, -0.05) is 42.0 Å². The lowest BCUT2D eigenvalue weighted by molar-refractivity contribution is -0.140. The number of hydrogen-bond donors (Lipinski definition) is 2. The van der Waals surface area contributed by atoms with Crippen LogP contribution in [-0.2, 0) is 16.1 Å². The van der Waals surface area contributed by atoms with E-state index in [4.69, 9.17) is 0 Å². The Morgan fingerprint density at radius 1 is 1.07 bits per heavy atom. The van der Waals surface area contributed by atoms with E-state index in [1.165, 1.54) is 16.0 Å². The van der Waals surface area contributed by atoms with Gasteiger partial charge in [-0.15, -0.1) is 24.0 Å². The molecule has 1 aromatic carbocycles. The van der Waals surface area contributed by atoms with Gasteiger partial charge in [0, 0.05) is 26.7 Å². The molecule has 3 aliphatic rings. The first-order valence-corrected chi connectivity index (χ1v) is 9.62. The molecule has 0 spiro atoms. The summed E-state index contributed by atoms with van der Waals surface area (Å²) in [5.41, 5.74) is 2.40. The minimum absolute atomic E-state index is 0. The van der Waals surface area contributed by atoms with E-state index < -0.39 is 0 Å². The van der Waals surface area contributed by atoms with Crippen molar-refractivity contribution in [1.82, 2.24) is 15.5 Å². The lowest BCUT2D eigenvalue weighted by atomic mass is 9.85.